The number of aryl methyl sites for hydroxylation is 1. The lowest BCUT2D eigenvalue weighted by molar-refractivity contribution is -0.132. The summed E-state index contributed by atoms with van der Waals surface area (Å²) >= 11 is 0. The molecule has 2 heterocycles. The fourth-order valence-electron chi connectivity index (χ4n) is 3.85. The molecule has 1 unspecified atom stereocenters. The molecule has 1 saturated heterocycles. The van der Waals surface area contributed by atoms with Crippen LogP contribution in [0.25, 0.3) is 0 Å². The van der Waals surface area contributed by atoms with Crippen LogP contribution in [-0.2, 0) is 23.1 Å². The third-order valence-electron chi connectivity index (χ3n) is 5.76. The van der Waals surface area contributed by atoms with Gasteiger partial charge in [-0.15, -0.1) is 0 Å². The number of piperidine rings is 1. The number of carbonyl (C=O) groups excluding carboxylic acids is 2. The SMILES string of the molecule is Cc1c(C(C)NC(=O)CC2CCN(C(=O)Cc3ccccc3)CC2)cnn1C. The van der Waals surface area contributed by atoms with E-state index >= 15 is 0 Å². The highest BCUT2D eigenvalue weighted by molar-refractivity contribution is 5.79. The first-order chi connectivity index (χ1) is 13.4. The van der Waals surface area contributed by atoms with Crippen molar-refractivity contribution in [3.05, 3.63) is 53.3 Å². The van der Waals surface area contributed by atoms with Gasteiger partial charge in [-0.25, -0.2) is 0 Å². The second-order valence-corrected chi connectivity index (χ2v) is 7.79. The lowest BCUT2D eigenvalue weighted by Gasteiger charge is -2.32. The number of hydrogen-bond donors (Lipinski definition) is 1. The van der Waals surface area contributed by atoms with Gasteiger partial charge in [0.05, 0.1) is 18.7 Å². The van der Waals surface area contributed by atoms with Crippen LogP contribution in [0.5, 0.6) is 0 Å². The van der Waals surface area contributed by atoms with Crippen LogP contribution in [0.1, 0.15) is 49.0 Å². The smallest absolute Gasteiger partial charge is 0.226 e. The molecule has 0 bridgehead atoms. The Morgan fingerprint density at radius 1 is 1.21 bits per heavy atom. The number of amides is 2. The summed E-state index contributed by atoms with van der Waals surface area (Å²) in [6, 6.07) is 9.80. The van der Waals surface area contributed by atoms with E-state index in [2.05, 4.69) is 10.4 Å². The molecular weight excluding hydrogens is 352 g/mol. The Bertz CT molecular complexity index is 807. The zero-order valence-corrected chi connectivity index (χ0v) is 17.0. The Kier molecular flexibility index (Phi) is 6.49. The lowest BCUT2D eigenvalue weighted by atomic mass is 9.92. The van der Waals surface area contributed by atoms with E-state index in [-0.39, 0.29) is 17.9 Å². The van der Waals surface area contributed by atoms with Gasteiger partial charge in [0.25, 0.3) is 0 Å². The van der Waals surface area contributed by atoms with Crippen molar-refractivity contribution in [3.63, 3.8) is 0 Å². The number of benzene rings is 1. The summed E-state index contributed by atoms with van der Waals surface area (Å²) < 4.78 is 1.82. The van der Waals surface area contributed by atoms with Crippen molar-refractivity contribution in [2.24, 2.45) is 13.0 Å². The zero-order chi connectivity index (χ0) is 20.1. The van der Waals surface area contributed by atoms with Crippen molar-refractivity contribution in [2.45, 2.75) is 45.6 Å². The predicted octanol–water partition coefficient (Wildman–Crippen LogP) is 2.78. The number of likely N-dealkylation sites (tertiary alicyclic amines) is 1. The van der Waals surface area contributed by atoms with Gasteiger partial charge in [-0.2, -0.15) is 5.10 Å². The minimum atomic E-state index is -0.0475. The van der Waals surface area contributed by atoms with Crippen LogP contribution in [0.2, 0.25) is 0 Å². The molecule has 0 saturated carbocycles. The number of rotatable bonds is 6. The number of aromatic nitrogens is 2. The predicted molar refractivity (Wildman–Crippen MR) is 109 cm³/mol. The molecule has 1 aliphatic heterocycles. The Morgan fingerprint density at radius 3 is 2.50 bits per heavy atom. The summed E-state index contributed by atoms with van der Waals surface area (Å²) in [4.78, 5) is 26.9. The average molecular weight is 383 g/mol. The third-order valence-corrected chi connectivity index (χ3v) is 5.76. The first-order valence-electron chi connectivity index (χ1n) is 10.0. The Labute approximate surface area is 166 Å². The van der Waals surface area contributed by atoms with Gasteiger partial charge in [-0.3, -0.25) is 14.3 Å². The molecule has 6 nitrogen and oxygen atoms in total. The highest BCUT2D eigenvalue weighted by atomic mass is 16.2. The van der Waals surface area contributed by atoms with Crippen LogP contribution >= 0.6 is 0 Å². The van der Waals surface area contributed by atoms with Crippen LogP contribution in [0.4, 0.5) is 0 Å². The van der Waals surface area contributed by atoms with Crippen LogP contribution in [0.15, 0.2) is 36.5 Å². The quantitative estimate of drug-likeness (QED) is 0.835. The maximum absolute atomic E-state index is 12.5. The van der Waals surface area contributed by atoms with E-state index in [4.69, 9.17) is 0 Å². The molecule has 1 aliphatic rings. The molecule has 0 spiro atoms. The molecule has 0 aliphatic carbocycles. The van der Waals surface area contributed by atoms with Crippen LogP contribution in [0, 0.1) is 12.8 Å². The summed E-state index contributed by atoms with van der Waals surface area (Å²) in [6.45, 7) is 5.47. The monoisotopic (exact) mass is 382 g/mol. The molecule has 6 heteroatoms. The van der Waals surface area contributed by atoms with Gasteiger partial charge in [0.2, 0.25) is 11.8 Å². The molecule has 2 aromatic rings. The topological polar surface area (TPSA) is 67.2 Å². The van der Waals surface area contributed by atoms with Gasteiger partial charge in [0.1, 0.15) is 0 Å². The van der Waals surface area contributed by atoms with E-state index in [9.17, 15) is 9.59 Å². The molecule has 1 aromatic carbocycles. The van der Waals surface area contributed by atoms with Crippen molar-refractivity contribution < 1.29 is 9.59 Å². The normalized spacial score (nSPS) is 16.0. The highest BCUT2D eigenvalue weighted by Gasteiger charge is 2.25. The van der Waals surface area contributed by atoms with E-state index < -0.39 is 0 Å². The summed E-state index contributed by atoms with van der Waals surface area (Å²) in [5.41, 5.74) is 3.17. The van der Waals surface area contributed by atoms with Gasteiger partial charge < -0.3 is 10.2 Å². The number of nitrogens with one attached hydrogen (secondary N) is 1. The molecular formula is C22H30N4O2. The third kappa shape index (κ3) is 5.00. The van der Waals surface area contributed by atoms with Gasteiger partial charge in [-0.05, 0) is 38.2 Å². The fraction of sp³-hybridized carbons (Fsp3) is 0.500. The van der Waals surface area contributed by atoms with Crippen LogP contribution in [0.3, 0.4) is 0 Å². The molecule has 1 N–H and O–H groups in total. The van der Waals surface area contributed by atoms with Gasteiger partial charge in [0, 0.05) is 37.8 Å². The van der Waals surface area contributed by atoms with E-state index in [1.807, 2.05) is 67.0 Å². The Morgan fingerprint density at radius 2 is 1.89 bits per heavy atom. The average Bonchev–Trinajstić information content (AvgIpc) is 3.02. The van der Waals surface area contributed by atoms with Gasteiger partial charge in [-0.1, -0.05) is 30.3 Å². The van der Waals surface area contributed by atoms with Crippen LogP contribution < -0.4 is 5.32 Å². The fourth-order valence-corrected chi connectivity index (χ4v) is 3.85. The number of nitrogens with zero attached hydrogens (tertiary/aromatic N) is 3. The number of hydrogen-bond acceptors (Lipinski definition) is 3. The summed E-state index contributed by atoms with van der Waals surface area (Å²) in [5, 5.41) is 7.33. The minimum Gasteiger partial charge on any atom is -0.349 e. The highest BCUT2D eigenvalue weighted by Crippen LogP contribution is 2.22. The maximum atomic E-state index is 12.5. The number of carbonyl (C=O) groups is 2. The van der Waals surface area contributed by atoms with E-state index in [1.165, 1.54) is 0 Å². The first kappa shape index (κ1) is 20.1. The van der Waals surface area contributed by atoms with Crippen molar-refractivity contribution in [3.8, 4) is 0 Å². The largest absolute Gasteiger partial charge is 0.349 e. The van der Waals surface area contributed by atoms with E-state index in [0.29, 0.717) is 18.8 Å². The molecule has 3 rings (SSSR count). The molecule has 1 atom stereocenters. The second-order valence-electron chi connectivity index (χ2n) is 7.79. The molecule has 2 amide bonds. The molecule has 150 valence electrons. The molecule has 1 aromatic heterocycles. The summed E-state index contributed by atoms with van der Waals surface area (Å²) in [7, 11) is 1.90. The van der Waals surface area contributed by atoms with E-state index in [1.54, 1.807) is 0 Å². The van der Waals surface area contributed by atoms with Crippen molar-refractivity contribution in [1.82, 2.24) is 20.0 Å². The van der Waals surface area contributed by atoms with Crippen molar-refractivity contribution in [2.75, 3.05) is 13.1 Å². The molecule has 1 fully saturated rings. The summed E-state index contributed by atoms with van der Waals surface area (Å²) in [6.07, 6.45) is 4.55. The zero-order valence-electron chi connectivity index (χ0n) is 17.0. The van der Waals surface area contributed by atoms with Gasteiger partial charge in [0.15, 0.2) is 0 Å². The molecule has 28 heavy (non-hydrogen) atoms. The summed E-state index contributed by atoms with van der Waals surface area (Å²) in [5.74, 6) is 0.586. The van der Waals surface area contributed by atoms with Crippen LogP contribution in [-0.4, -0.2) is 39.6 Å². The second kappa shape index (κ2) is 9.04. The minimum absolute atomic E-state index is 0.0475. The Balaban J connectivity index is 1.43. The van der Waals surface area contributed by atoms with Crippen molar-refractivity contribution >= 4 is 11.8 Å². The first-order valence-corrected chi connectivity index (χ1v) is 10.0. The molecule has 0 radical (unpaired) electrons. The lowest BCUT2D eigenvalue weighted by Crippen LogP contribution is -2.40. The van der Waals surface area contributed by atoms with E-state index in [0.717, 1.165) is 42.8 Å². The standard InChI is InChI=1S/C22H30N4O2/c1-16(20-15-23-25(3)17(20)2)24-21(27)13-19-9-11-26(12-10-19)22(28)14-18-7-5-4-6-8-18/h4-8,15-16,19H,9-14H2,1-3H3,(H,24,27). The van der Waals surface area contributed by atoms with Crippen molar-refractivity contribution in [1.29, 1.82) is 0 Å². The Hall–Kier alpha value is -2.63. The maximum Gasteiger partial charge on any atom is 0.226 e. The van der Waals surface area contributed by atoms with Gasteiger partial charge >= 0.3 is 0 Å².